The third-order valence-corrected chi connectivity index (χ3v) is 4.32. The first-order valence-electron chi connectivity index (χ1n) is 6.85. The molecule has 1 aliphatic carbocycles. The molecular formula is C13H26N2O. The van der Waals surface area contributed by atoms with Gasteiger partial charge in [-0.1, -0.05) is 13.3 Å². The van der Waals surface area contributed by atoms with E-state index in [1.165, 1.54) is 32.2 Å². The summed E-state index contributed by atoms with van der Waals surface area (Å²) in [5.41, 5.74) is 6.26. The van der Waals surface area contributed by atoms with Crippen molar-refractivity contribution in [1.82, 2.24) is 4.90 Å². The average molecular weight is 226 g/mol. The zero-order chi connectivity index (χ0) is 11.4. The van der Waals surface area contributed by atoms with Gasteiger partial charge in [-0.2, -0.15) is 0 Å². The third-order valence-electron chi connectivity index (χ3n) is 4.32. The van der Waals surface area contributed by atoms with Crippen LogP contribution in [0.5, 0.6) is 0 Å². The summed E-state index contributed by atoms with van der Waals surface area (Å²) in [6.45, 7) is 7.51. The Morgan fingerprint density at radius 3 is 2.69 bits per heavy atom. The number of ether oxygens (including phenoxy) is 1. The zero-order valence-corrected chi connectivity index (χ0v) is 10.5. The van der Waals surface area contributed by atoms with Crippen molar-refractivity contribution in [3.8, 4) is 0 Å². The molecule has 2 rings (SSSR count). The first kappa shape index (κ1) is 12.3. The van der Waals surface area contributed by atoms with Gasteiger partial charge >= 0.3 is 0 Å². The lowest BCUT2D eigenvalue weighted by atomic mass is 9.77. The molecule has 2 N–H and O–H groups in total. The van der Waals surface area contributed by atoms with E-state index in [0.29, 0.717) is 6.04 Å². The molecule has 2 aliphatic rings. The van der Waals surface area contributed by atoms with E-state index in [0.717, 1.165) is 38.1 Å². The number of nitrogens with two attached hydrogens (primary N) is 1. The Hall–Kier alpha value is -0.120. The highest BCUT2D eigenvalue weighted by molar-refractivity contribution is 4.84. The van der Waals surface area contributed by atoms with Gasteiger partial charge < -0.3 is 10.5 Å². The predicted octanol–water partition coefficient (Wildman–Crippen LogP) is 1.47. The van der Waals surface area contributed by atoms with E-state index >= 15 is 0 Å². The highest BCUT2D eigenvalue weighted by Crippen LogP contribution is 2.30. The average Bonchev–Trinajstić information content (AvgIpc) is 2.33. The van der Waals surface area contributed by atoms with Gasteiger partial charge in [-0.15, -0.1) is 0 Å². The first-order chi connectivity index (χ1) is 7.79. The lowest BCUT2D eigenvalue weighted by Crippen LogP contribution is -2.46. The minimum atomic E-state index is 0.436. The van der Waals surface area contributed by atoms with Crippen LogP contribution in [0.4, 0.5) is 0 Å². The Morgan fingerprint density at radius 2 is 2.00 bits per heavy atom. The van der Waals surface area contributed by atoms with Crippen molar-refractivity contribution >= 4 is 0 Å². The molecule has 1 saturated heterocycles. The maximum absolute atomic E-state index is 6.26. The molecule has 0 aromatic carbocycles. The summed E-state index contributed by atoms with van der Waals surface area (Å²) in [5, 5.41) is 0. The van der Waals surface area contributed by atoms with Crippen LogP contribution in [-0.2, 0) is 4.74 Å². The monoisotopic (exact) mass is 226 g/mol. The van der Waals surface area contributed by atoms with E-state index in [2.05, 4.69) is 11.8 Å². The molecule has 1 aliphatic heterocycles. The lowest BCUT2D eigenvalue weighted by Gasteiger charge is -2.38. The summed E-state index contributed by atoms with van der Waals surface area (Å²) in [4.78, 5) is 2.53. The summed E-state index contributed by atoms with van der Waals surface area (Å²) in [6, 6.07) is 0.436. The Balaban J connectivity index is 1.81. The summed E-state index contributed by atoms with van der Waals surface area (Å²) in [6.07, 6.45) is 5.24. The molecular weight excluding hydrogens is 200 g/mol. The fourth-order valence-electron chi connectivity index (χ4n) is 3.08. The van der Waals surface area contributed by atoms with Crippen molar-refractivity contribution in [2.75, 3.05) is 32.8 Å². The molecule has 16 heavy (non-hydrogen) atoms. The second kappa shape index (κ2) is 5.99. The molecule has 1 saturated carbocycles. The maximum Gasteiger partial charge on any atom is 0.0594 e. The molecule has 0 aromatic rings. The van der Waals surface area contributed by atoms with Crippen LogP contribution in [0.1, 0.15) is 32.6 Å². The number of rotatable bonds is 3. The highest BCUT2D eigenvalue weighted by atomic mass is 16.5. The molecule has 3 nitrogen and oxygen atoms in total. The quantitative estimate of drug-likeness (QED) is 0.792. The maximum atomic E-state index is 6.26. The Labute approximate surface area is 99.3 Å². The predicted molar refractivity (Wildman–Crippen MR) is 66.4 cm³/mol. The van der Waals surface area contributed by atoms with Crippen molar-refractivity contribution in [3.05, 3.63) is 0 Å². The van der Waals surface area contributed by atoms with Crippen molar-refractivity contribution < 1.29 is 4.74 Å². The van der Waals surface area contributed by atoms with Crippen LogP contribution in [0.25, 0.3) is 0 Å². The van der Waals surface area contributed by atoms with Gasteiger partial charge in [0, 0.05) is 25.7 Å². The summed E-state index contributed by atoms with van der Waals surface area (Å²) in [5.74, 6) is 1.64. The molecule has 0 aromatic heterocycles. The molecule has 1 heterocycles. The van der Waals surface area contributed by atoms with Gasteiger partial charge in [-0.3, -0.25) is 4.90 Å². The van der Waals surface area contributed by atoms with Crippen molar-refractivity contribution in [1.29, 1.82) is 0 Å². The molecule has 0 amide bonds. The molecule has 2 fully saturated rings. The fraction of sp³-hybridized carbons (Fsp3) is 1.00. The van der Waals surface area contributed by atoms with Crippen LogP contribution in [0.3, 0.4) is 0 Å². The molecule has 0 radical (unpaired) electrons. The molecule has 0 bridgehead atoms. The molecule has 3 heteroatoms. The van der Waals surface area contributed by atoms with Crippen LogP contribution in [0.15, 0.2) is 0 Å². The van der Waals surface area contributed by atoms with Gasteiger partial charge in [0.2, 0.25) is 0 Å². The Bertz CT molecular complexity index is 204. The van der Waals surface area contributed by atoms with Crippen molar-refractivity contribution in [2.24, 2.45) is 17.6 Å². The van der Waals surface area contributed by atoms with E-state index in [4.69, 9.17) is 10.5 Å². The Kier molecular flexibility index (Phi) is 4.62. The standard InChI is InChI=1S/C13H26N2O/c1-2-11-3-4-13(14)12(9-11)10-15-5-7-16-8-6-15/h11-13H,2-10,14H2,1H3. The molecule has 3 atom stereocenters. The van der Waals surface area contributed by atoms with Crippen molar-refractivity contribution in [2.45, 2.75) is 38.6 Å². The molecule has 94 valence electrons. The topological polar surface area (TPSA) is 38.5 Å². The van der Waals surface area contributed by atoms with Gasteiger partial charge in [0.05, 0.1) is 13.2 Å². The number of hydrogen-bond donors (Lipinski definition) is 1. The minimum absolute atomic E-state index is 0.436. The van der Waals surface area contributed by atoms with E-state index in [1.54, 1.807) is 0 Å². The van der Waals surface area contributed by atoms with Gasteiger partial charge in [0.25, 0.3) is 0 Å². The normalized spacial score (nSPS) is 37.5. The third kappa shape index (κ3) is 3.19. The van der Waals surface area contributed by atoms with E-state index in [1.807, 2.05) is 0 Å². The van der Waals surface area contributed by atoms with Crippen molar-refractivity contribution in [3.63, 3.8) is 0 Å². The van der Waals surface area contributed by atoms with Gasteiger partial charge in [0.15, 0.2) is 0 Å². The molecule has 3 unspecified atom stereocenters. The summed E-state index contributed by atoms with van der Waals surface area (Å²) < 4.78 is 5.39. The van der Waals surface area contributed by atoms with Crippen LogP contribution in [0.2, 0.25) is 0 Å². The van der Waals surface area contributed by atoms with E-state index in [-0.39, 0.29) is 0 Å². The van der Waals surface area contributed by atoms with Gasteiger partial charge in [-0.25, -0.2) is 0 Å². The summed E-state index contributed by atoms with van der Waals surface area (Å²) >= 11 is 0. The van der Waals surface area contributed by atoms with Crippen LogP contribution in [-0.4, -0.2) is 43.8 Å². The van der Waals surface area contributed by atoms with Crippen LogP contribution in [0, 0.1) is 11.8 Å². The minimum Gasteiger partial charge on any atom is -0.379 e. The van der Waals surface area contributed by atoms with E-state index < -0.39 is 0 Å². The second-order valence-electron chi connectivity index (χ2n) is 5.42. The number of morpholine rings is 1. The Morgan fingerprint density at radius 1 is 1.25 bits per heavy atom. The highest BCUT2D eigenvalue weighted by Gasteiger charge is 2.29. The summed E-state index contributed by atoms with van der Waals surface area (Å²) in [7, 11) is 0. The van der Waals surface area contributed by atoms with E-state index in [9.17, 15) is 0 Å². The smallest absolute Gasteiger partial charge is 0.0594 e. The molecule has 0 spiro atoms. The number of hydrogen-bond acceptors (Lipinski definition) is 3. The first-order valence-corrected chi connectivity index (χ1v) is 6.85. The SMILES string of the molecule is CCC1CCC(N)C(CN2CCOCC2)C1. The zero-order valence-electron chi connectivity index (χ0n) is 10.5. The van der Waals surface area contributed by atoms with Gasteiger partial charge in [0.1, 0.15) is 0 Å². The van der Waals surface area contributed by atoms with Crippen LogP contribution < -0.4 is 5.73 Å². The van der Waals surface area contributed by atoms with Crippen LogP contribution >= 0.6 is 0 Å². The fourth-order valence-corrected chi connectivity index (χ4v) is 3.08. The largest absolute Gasteiger partial charge is 0.379 e. The van der Waals surface area contributed by atoms with Gasteiger partial charge in [-0.05, 0) is 31.1 Å². The number of nitrogens with zero attached hydrogens (tertiary/aromatic N) is 1. The second-order valence-corrected chi connectivity index (χ2v) is 5.42. The lowest BCUT2D eigenvalue weighted by molar-refractivity contribution is 0.0232.